The second-order valence-electron chi connectivity index (χ2n) is 8.11. The number of aliphatic hydroxyl groups excluding tert-OH is 2. The number of rotatable bonds is 14. The van der Waals surface area contributed by atoms with Crippen LogP contribution in [0.15, 0.2) is 24.3 Å². The lowest BCUT2D eigenvalue weighted by molar-refractivity contribution is -0.143. The molecule has 13 heteroatoms. The van der Waals surface area contributed by atoms with Gasteiger partial charge in [-0.1, -0.05) is 12.1 Å². The largest absolute Gasteiger partial charge is 0.508 e. The Morgan fingerprint density at radius 1 is 0.914 bits per heavy atom. The number of aliphatic carboxylic acids is 1. The van der Waals surface area contributed by atoms with Crippen molar-refractivity contribution in [3.63, 3.8) is 0 Å². The number of carboxylic acids is 1. The molecule has 0 radical (unpaired) electrons. The van der Waals surface area contributed by atoms with E-state index < -0.39 is 60.1 Å². The van der Waals surface area contributed by atoms with E-state index in [2.05, 4.69) is 16.0 Å². The highest BCUT2D eigenvalue weighted by molar-refractivity contribution is 7.98. The van der Waals surface area contributed by atoms with Crippen LogP contribution in [-0.4, -0.2) is 92.5 Å². The molecular formula is C22H34N4O8S. The van der Waals surface area contributed by atoms with E-state index in [0.717, 1.165) is 0 Å². The van der Waals surface area contributed by atoms with Crippen molar-refractivity contribution in [1.29, 1.82) is 0 Å². The van der Waals surface area contributed by atoms with Gasteiger partial charge in [0, 0.05) is 6.42 Å². The molecule has 1 rings (SSSR count). The molecule has 3 amide bonds. The van der Waals surface area contributed by atoms with E-state index in [1.54, 1.807) is 6.26 Å². The third-order valence-electron chi connectivity index (χ3n) is 5.12. The average Bonchev–Trinajstić information content (AvgIpc) is 2.79. The van der Waals surface area contributed by atoms with Crippen molar-refractivity contribution in [2.24, 2.45) is 5.73 Å². The summed E-state index contributed by atoms with van der Waals surface area (Å²) in [7, 11) is 0. The quantitative estimate of drug-likeness (QED) is 0.141. The van der Waals surface area contributed by atoms with Gasteiger partial charge in [-0.05, 0) is 50.0 Å². The number of amides is 3. The SMILES string of the molecule is CSCCC(NC(=O)C(NC(=O)C(Cc1ccc(O)cc1)NC(=O)C(N)C(C)O)C(C)O)C(=O)O. The zero-order valence-electron chi connectivity index (χ0n) is 19.8. The minimum absolute atomic E-state index is 0.00443. The van der Waals surface area contributed by atoms with Crippen LogP contribution in [-0.2, 0) is 25.6 Å². The van der Waals surface area contributed by atoms with Gasteiger partial charge in [-0.2, -0.15) is 11.8 Å². The number of phenols is 1. The predicted octanol–water partition coefficient (Wildman–Crippen LogP) is -1.68. The molecule has 0 aliphatic rings. The van der Waals surface area contributed by atoms with E-state index in [0.29, 0.717) is 11.3 Å². The first kappa shape index (κ1) is 30.2. The molecule has 1 aromatic carbocycles. The van der Waals surface area contributed by atoms with Crippen molar-refractivity contribution >= 4 is 35.5 Å². The molecule has 1 aromatic rings. The van der Waals surface area contributed by atoms with Crippen molar-refractivity contribution in [2.75, 3.05) is 12.0 Å². The lowest BCUT2D eigenvalue weighted by Crippen LogP contribution is -2.60. The van der Waals surface area contributed by atoms with E-state index in [-0.39, 0.29) is 18.6 Å². The summed E-state index contributed by atoms with van der Waals surface area (Å²) in [5.41, 5.74) is 6.21. The summed E-state index contributed by atoms with van der Waals surface area (Å²) in [5.74, 6) is -3.37. The first-order chi connectivity index (χ1) is 16.4. The van der Waals surface area contributed by atoms with Gasteiger partial charge in [0.15, 0.2) is 0 Å². The topological polar surface area (TPSA) is 211 Å². The van der Waals surface area contributed by atoms with E-state index in [4.69, 9.17) is 5.73 Å². The molecule has 6 unspecified atom stereocenters. The van der Waals surface area contributed by atoms with Crippen LogP contribution in [0.5, 0.6) is 5.75 Å². The fraction of sp³-hybridized carbons (Fsp3) is 0.545. The molecule has 0 aromatic heterocycles. The van der Waals surface area contributed by atoms with Crippen molar-refractivity contribution in [3.8, 4) is 5.75 Å². The number of nitrogens with one attached hydrogen (secondary N) is 3. The number of carbonyl (C=O) groups excluding carboxylic acids is 3. The van der Waals surface area contributed by atoms with Crippen molar-refractivity contribution < 1.29 is 39.6 Å². The predicted molar refractivity (Wildman–Crippen MR) is 130 cm³/mol. The standard InChI is InChI=1S/C22H34N4O8S/c1-11(27)17(23)20(31)25-16(10-13-4-6-14(29)7-5-13)19(30)26-18(12(2)28)21(32)24-15(22(33)34)8-9-35-3/h4-7,11-12,15-18,27-29H,8-10,23H2,1-3H3,(H,24,32)(H,25,31)(H,26,30)(H,33,34). The Hall–Kier alpha value is -2.87. The van der Waals surface area contributed by atoms with Gasteiger partial charge in [0.25, 0.3) is 0 Å². The number of aliphatic hydroxyl groups is 2. The fourth-order valence-corrected chi connectivity index (χ4v) is 3.45. The monoisotopic (exact) mass is 514 g/mol. The first-order valence-corrected chi connectivity index (χ1v) is 12.3. The molecule has 0 saturated heterocycles. The summed E-state index contributed by atoms with van der Waals surface area (Å²) in [6, 6.07) is 0.511. The van der Waals surface area contributed by atoms with Gasteiger partial charge in [-0.3, -0.25) is 14.4 Å². The Morgan fingerprint density at radius 2 is 1.49 bits per heavy atom. The van der Waals surface area contributed by atoms with Crippen LogP contribution < -0.4 is 21.7 Å². The fourth-order valence-electron chi connectivity index (χ4n) is 2.98. The maximum absolute atomic E-state index is 13.1. The number of aromatic hydroxyl groups is 1. The Balaban J connectivity index is 3.08. The summed E-state index contributed by atoms with van der Waals surface area (Å²) in [4.78, 5) is 49.6. The van der Waals surface area contributed by atoms with Gasteiger partial charge in [0.05, 0.1) is 12.2 Å². The number of phenolic OH excluding ortho intramolecular Hbond substituents is 1. The summed E-state index contributed by atoms with van der Waals surface area (Å²) in [5, 5.41) is 45.6. The van der Waals surface area contributed by atoms with Crippen LogP contribution in [0.25, 0.3) is 0 Å². The Labute approximate surface area is 207 Å². The third kappa shape index (κ3) is 10.1. The highest BCUT2D eigenvalue weighted by Gasteiger charge is 2.33. The van der Waals surface area contributed by atoms with Gasteiger partial charge in [0.2, 0.25) is 17.7 Å². The molecule has 0 saturated carbocycles. The number of nitrogens with two attached hydrogens (primary N) is 1. The molecule has 0 heterocycles. The van der Waals surface area contributed by atoms with Crippen LogP contribution >= 0.6 is 11.8 Å². The molecule has 6 atom stereocenters. The zero-order valence-corrected chi connectivity index (χ0v) is 20.6. The number of carbonyl (C=O) groups is 4. The van der Waals surface area contributed by atoms with Gasteiger partial charge < -0.3 is 42.1 Å². The number of benzene rings is 1. The minimum Gasteiger partial charge on any atom is -0.508 e. The van der Waals surface area contributed by atoms with Gasteiger partial charge in [-0.15, -0.1) is 0 Å². The maximum atomic E-state index is 13.1. The number of hydrogen-bond acceptors (Lipinski definition) is 9. The van der Waals surface area contributed by atoms with Crippen molar-refractivity contribution in [2.45, 2.75) is 63.1 Å². The van der Waals surface area contributed by atoms with Crippen molar-refractivity contribution in [3.05, 3.63) is 29.8 Å². The Kier molecular flexibility index (Phi) is 12.5. The number of thioether (sulfide) groups is 1. The highest BCUT2D eigenvalue weighted by atomic mass is 32.2. The van der Waals surface area contributed by atoms with Crippen LogP contribution in [0.4, 0.5) is 0 Å². The van der Waals surface area contributed by atoms with E-state index in [9.17, 15) is 39.6 Å². The maximum Gasteiger partial charge on any atom is 0.326 e. The Morgan fingerprint density at radius 3 is 1.97 bits per heavy atom. The molecule has 12 nitrogen and oxygen atoms in total. The second kappa shape index (κ2) is 14.5. The van der Waals surface area contributed by atoms with Crippen LogP contribution in [0, 0.1) is 0 Å². The number of carboxylic acid groups (broad SMARTS) is 1. The molecule has 0 fully saturated rings. The summed E-state index contributed by atoms with van der Waals surface area (Å²) < 4.78 is 0. The van der Waals surface area contributed by atoms with Gasteiger partial charge >= 0.3 is 5.97 Å². The molecular weight excluding hydrogens is 480 g/mol. The van der Waals surface area contributed by atoms with Crippen LogP contribution in [0.1, 0.15) is 25.8 Å². The first-order valence-electron chi connectivity index (χ1n) is 10.9. The van der Waals surface area contributed by atoms with E-state index >= 15 is 0 Å². The summed E-state index contributed by atoms with van der Waals surface area (Å²) in [6.45, 7) is 2.56. The van der Waals surface area contributed by atoms with E-state index in [1.807, 2.05) is 0 Å². The highest BCUT2D eigenvalue weighted by Crippen LogP contribution is 2.12. The molecule has 196 valence electrons. The van der Waals surface area contributed by atoms with Gasteiger partial charge in [-0.25, -0.2) is 4.79 Å². The molecule has 0 bridgehead atoms. The lowest BCUT2D eigenvalue weighted by atomic mass is 10.0. The normalized spacial score (nSPS) is 16.2. The van der Waals surface area contributed by atoms with Crippen LogP contribution in [0.3, 0.4) is 0 Å². The zero-order chi connectivity index (χ0) is 26.7. The minimum atomic E-state index is -1.51. The van der Waals surface area contributed by atoms with E-state index in [1.165, 1.54) is 49.9 Å². The molecule has 0 aliphatic heterocycles. The molecule has 9 N–H and O–H groups in total. The van der Waals surface area contributed by atoms with Crippen LogP contribution in [0.2, 0.25) is 0 Å². The lowest BCUT2D eigenvalue weighted by Gasteiger charge is -2.27. The molecule has 0 aliphatic carbocycles. The molecule has 0 spiro atoms. The smallest absolute Gasteiger partial charge is 0.326 e. The summed E-state index contributed by atoms with van der Waals surface area (Å²) >= 11 is 1.40. The number of hydrogen-bond donors (Lipinski definition) is 8. The average molecular weight is 515 g/mol. The Bertz CT molecular complexity index is 866. The van der Waals surface area contributed by atoms with Crippen molar-refractivity contribution in [1.82, 2.24) is 16.0 Å². The summed E-state index contributed by atoms with van der Waals surface area (Å²) in [6.07, 6.45) is -0.731. The second-order valence-corrected chi connectivity index (χ2v) is 9.09. The van der Waals surface area contributed by atoms with Gasteiger partial charge in [0.1, 0.15) is 29.9 Å². The third-order valence-corrected chi connectivity index (χ3v) is 5.76. The molecule has 35 heavy (non-hydrogen) atoms.